The Labute approximate surface area is 296 Å². The van der Waals surface area contributed by atoms with Crippen LogP contribution >= 0.6 is 0 Å². The highest BCUT2D eigenvalue weighted by Gasteiger charge is 2.27. The van der Waals surface area contributed by atoms with E-state index >= 15 is 0 Å². The summed E-state index contributed by atoms with van der Waals surface area (Å²) in [5, 5.41) is 23.6. The number of aryl methyl sites for hydroxylation is 1. The van der Waals surface area contributed by atoms with Gasteiger partial charge in [0.15, 0.2) is 0 Å². The maximum Gasteiger partial charge on any atom is 0.264 e. The third-order valence-electron chi connectivity index (χ3n) is 8.09. The van der Waals surface area contributed by atoms with Crippen LogP contribution in [0.4, 0.5) is 0 Å². The molecule has 1 aromatic heterocycles. The van der Waals surface area contributed by atoms with Crippen molar-refractivity contribution < 1.29 is 37.9 Å². The lowest BCUT2D eigenvalue weighted by Crippen LogP contribution is -2.45. The van der Waals surface area contributed by atoms with Gasteiger partial charge in [-0.25, -0.2) is 23.6 Å². The first-order valence-electron chi connectivity index (χ1n) is 16.5. The first kappa shape index (κ1) is 38.4. The van der Waals surface area contributed by atoms with Gasteiger partial charge in [-0.15, -0.1) is 0 Å². The summed E-state index contributed by atoms with van der Waals surface area (Å²) in [7, 11) is -4.30. The van der Waals surface area contributed by atoms with Gasteiger partial charge in [0.1, 0.15) is 11.7 Å². The molecular formula is C36H42N6O8S. The van der Waals surface area contributed by atoms with Crippen molar-refractivity contribution in [2.24, 2.45) is 5.92 Å². The molecule has 0 bridgehead atoms. The number of aromatic nitrogens is 2. The largest absolute Gasteiger partial charge is 0.390 e. The van der Waals surface area contributed by atoms with E-state index in [2.05, 4.69) is 27.3 Å². The summed E-state index contributed by atoms with van der Waals surface area (Å²) in [4.78, 5) is 54.0. The minimum Gasteiger partial charge on any atom is -0.390 e. The molecule has 14 nitrogen and oxygen atoms in total. The van der Waals surface area contributed by atoms with E-state index in [1.807, 2.05) is 16.7 Å². The summed E-state index contributed by atoms with van der Waals surface area (Å²) >= 11 is 0. The van der Waals surface area contributed by atoms with E-state index in [1.54, 1.807) is 66.9 Å². The Hall–Kier alpha value is -5.38. The van der Waals surface area contributed by atoms with Crippen molar-refractivity contribution in [3.63, 3.8) is 0 Å². The number of rotatable bonds is 18. The molecule has 0 aliphatic carbocycles. The third kappa shape index (κ3) is 10.8. The lowest BCUT2D eigenvalue weighted by atomic mass is 9.98. The van der Waals surface area contributed by atoms with Crippen LogP contribution in [0.25, 0.3) is 11.1 Å². The molecule has 4 rings (SSSR count). The summed E-state index contributed by atoms with van der Waals surface area (Å²) in [5.74, 6) is -3.66. The standard InChI is InChI=1S/C36H42N6O8S/c1-2-3-13-32-38-21-28(24-43)42(32)23-26-14-16-27(17-15-26)29-11-7-8-12-31(29)51(49,50)41-33(44)18-19-37-34(45)22-39-35(46)30(36(47)40-48)20-25-9-5-4-6-10-25/h4-12,14-17,21,30,43,48H,2-3,13,18-20,22-24H2,1H3,(H,37,45)(H,39,46)(H,40,47)(H,41,44). The average Bonchev–Trinajstić information content (AvgIpc) is 3.53. The van der Waals surface area contributed by atoms with Crippen LogP contribution in [-0.2, 0) is 55.2 Å². The number of nitrogens with zero attached hydrogens (tertiary/aromatic N) is 2. The zero-order valence-corrected chi connectivity index (χ0v) is 29.0. The fraction of sp³-hybridized carbons (Fsp3) is 0.306. The number of carbonyl (C=O) groups excluding carboxylic acids is 4. The number of imidazole rings is 1. The monoisotopic (exact) mass is 718 g/mol. The number of aliphatic hydroxyl groups is 1. The van der Waals surface area contributed by atoms with Gasteiger partial charge in [0.25, 0.3) is 15.9 Å². The van der Waals surface area contributed by atoms with Crippen LogP contribution in [0.15, 0.2) is 90.0 Å². The smallest absolute Gasteiger partial charge is 0.264 e. The molecule has 4 aromatic rings. The Morgan fingerprint density at radius 2 is 1.57 bits per heavy atom. The van der Waals surface area contributed by atoms with Crippen LogP contribution < -0.4 is 20.8 Å². The van der Waals surface area contributed by atoms with Crippen LogP contribution in [-0.4, -0.2) is 65.0 Å². The molecule has 1 atom stereocenters. The maximum atomic E-state index is 13.3. The van der Waals surface area contributed by atoms with Crippen molar-refractivity contribution in [3.8, 4) is 11.1 Å². The molecule has 51 heavy (non-hydrogen) atoms. The Bertz CT molecular complexity index is 1910. The average molecular weight is 719 g/mol. The van der Waals surface area contributed by atoms with Crippen LogP contribution in [0.3, 0.4) is 0 Å². The van der Waals surface area contributed by atoms with Crippen LogP contribution in [0.1, 0.15) is 48.8 Å². The van der Waals surface area contributed by atoms with Gasteiger partial charge in [0.05, 0.1) is 29.9 Å². The fourth-order valence-corrected chi connectivity index (χ4v) is 6.62. The number of sulfonamides is 1. The zero-order chi connectivity index (χ0) is 36.8. The SMILES string of the molecule is CCCCc1ncc(CO)n1Cc1ccc(-c2ccccc2S(=O)(=O)NC(=O)CCNC(=O)CNC(=O)C(Cc2ccccc2)C(=O)NO)cc1. The van der Waals surface area contributed by atoms with Gasteiger partial charge >= 0.3 is 0 Å². The van der Waals surface area contributed by atoms with Gasteiger partial charge in [-0.3, -0.25) is 24.4 Å². The number of amides is 4. The number of nitrogens with one attached hydrogen (secondary N) is 4. The summed E-state index contributed by atoms with van der Waals surface area (Å²) in [6.07, 6.45) is 4.08. The Morgan fingerprint density at radius 1 is 0.863 bits per heavy atom. The first-order chi connectivity index (χ1) is 24.6. The summed E-state index contributed by atoms with van der Waals surface area (Å²) < 4.78 is 30.7. The lowest BCUT2D eigenvalue weighted by Gasteiger charge is -2.15. The molecular weight excluding hydrogens is 676 g/mol. The van der Waals surface area contributed by atoms with E-state index < -0.39 is 46.1 Å². The number of carbonyl (C=O) groups is 4. The minimum absolute atomic E-state index is 0.0117. The second kappa shape index (κ2) is 18.6. The van der Waals surface area contributed by atoms with Crippen molar-refractivity contribution in [1.82, 2.24) is 30.4 Å². The molecule has 3 aromatic carbocycles. The topological polar surface area (TPSA) is 209 Å². The zero-order valence-electron chi connectivity index (χ0n) is 28.2. The number of unbranched alkanes of at least 4 members (excludes halogenated alkanes) is 1. The maximum absolute atomic E-state index is 13.3. The lowest BCUT2D eigenvalue weighted by molar-refractivity contribution is -0.141. The Kier molecular flexibility index (Phi) is 14.0. The van der Waals surface area contributed by atoms with E-state index in [-0.39, 0.29) is 30.9 Å². The van der Waals surface area contributed by atoms with Crippen LogP contribution in [0, 0.1) is 5.92 Å². The molecule has 270 valence electrons. The first-order valence-corrected chi connectivity index (χ1v) is 17.9. The van der Waals surface area contributed by atoms with E-state index in [9.17, 15) is 32.7 Å². The number of aliphatic hydroxyl groups excluding tert-OH is 1. The molecule has 6 N–H and O–H groups in total. The van der Waals surface area contributed by atoms with E-state index in [1.165, 1.54) is 11.5 Å². The summed E-state index contributed by atoms with van der Waals surface area (Å²) in [5.41, 5.74) is 4.77. The van der Waals surface area contributed by atoms with Crippen LogP contribution in [0.5, 0.6) is 0 Å². The van der Waals surface area contributed by atoms with Crippen molar-refractivity contribution in [3.05, 3.63) is 108 Å². The fourth-order valence-electron chi connectivity index (χ4n) is 5.38. The van der Waals surface area contributed by atoms with Gasteiger partial charge in [0, 0.05) is 31.5 Å². The van der Waals surface area contributed by atoms with E-state index in [0.717, 1.165) is 30.7 Å². The van der Waals surface area contributed by atoms with Crippen molar-refractivity contribution in [2.45, 2.75) is 57.1 Å². The molecule has 0 spiro atoms. The summed E-state index contributed by atoms with van der Waals surface area (Å²) in [6.45, 7) is 1.72. The molecule has 0 saturated heterocycles. The normalized spacial score (nSPS) is 11.7. The molecule has 4 amide bonds. The van der Waals surface area contributed by atoms with Gasteiger partial charge < -0.3 is 20.3 Å². The Balaban J connectivity index is 1.31. The number of hydrogen-bond acceptors (Lipinski definition) is 9. The number of benzene rings is 3. The predicted octanol–water partition coefficient (Wildman–Crippen LogP) is 2.23. The highest BCUT2D eigenvalue weighted by Crippen LogP contribution is 2.28. The second-order valence-electron chi connectivity index (χ2n) is 11.8. The van der Waals surface area contributed by atoms with Crippen molar-refractivity contribution in [2.75, 3.05) is 13.1 Å². The third-order valence-corrected chi connectivity index (χ3v) is 9.52. The second-order valence-corrected chi connectivity index (χ2v) is 13.4. The number of hydroxylamine groups is 1. The van der Waals surface area contributed by atoms with E-state index in [0.29, 0.717) is 28.9 Å². The van der Waals surface area contributed by atoms with Crippen LogP contribution in [0.2, 0.25) is 0 Å². The molecule has 0 aliphatic heterocycles. The van der Waals surface area contributed by atoms with Gasteiger partial charge in [-0.1, -0.05) is 86.1 Å². The van der Waals surface area contributed by atoms with Gasteiger partial charge in [-0.05, 0) is 35.6 Å². The molecule has 0 aliphatic rings. The van der Waals surface area contributed by atoms with Crippen molar-refractivity contribution >= 4 is 33.7 Å². The minimum atomic E-state index is -4.30. The number of hydrogen-bond donors (Lipinski definition) is 6. The molecule has 0 saturated carbocycles. The summed E-state index contributed by atoms with van der Waals surface area (Å²) in [6, 6.07) is 22.3. The highest BCUT2D eigenvalue weighted by atomic mass is 32.2. The molecule has 1 unspecified atom stereocenters. The highest BCUT2D eigenvalue weighted by molar-refractivity contribution is 7.90. The van der Waals surface area contributed by atoms with Gasteiger partial charge in [0.2, 0.25) is 17.7 Å². The van der Waals surface area contributed by atoms with Crippen molar-refractivity contribution in [1.29, 1.82) is 0 Å². The predicted molar refractivity (Wildman–Crippen MR) is 187 cm³/mol. The molecule has 0 fully saturated rings. The molecule has 0 radical (unpaired) electrons. The molecule has 1 heterocycles. The Morgan fingerprint density at radius 3 is 2.25 bits per heavy atom. The molecule has 15 heteroatoms. The van der Waals surface area contributed by atoms with E-state index in [4.69, 9.17) is 5.21 Å². The quantitative estimate of drug-likeness (QED) is 0.0506. The van der Waals surface area contributed by atoms with Gasteiger partial charge in [-0.2, -0.15) is 0 Å².